The van der Waals surface area contributed by atoms with E-state index < -0.39 is 0 Å². The quantitative estimate of drug-likeness (QED) is 0.446. The third-order valence-electron chi connectivity index (χ3n) is 5.09. The Balaban J connectivity index is 1.67. The molecule has 0 spiro atoms. The molecule has 5 aromatic rings. The maximum atomic E-state index is 4.61. The minimum absolute atomic E-state index is 0.183. The van der Waals surface area contributed by atoms with E-state index in [0.717, 1.165) is 33.2 Å². The fourth-order valence-corrected chi connectivity index (χ4v) is 3.62. The first kappa shape index (κ1) is 15.7. The van der Waals surface area contributed by atoms with E-state index in [2.05, 4.69) is 68.9 Å². The molecule has 2 aromatic carbocycles. The van der Waals surface area contributed by atoms with Gasteiger partial charge in [-0.3, -0.25) is 4.98 Å². The minimum Gasteiger partial charge on any atom is -0.322 e. The Kier molecular flexibility index (Phi) is 3.68. The van der Waals surface area contributed by atoms with Crippen LogP contribution >= 0.6 is 0 Å². The van der Waals surface area contributed by atoms with Crippen molar-refractivity contribution >= 4 is 22.1 Å². The Labute approximate surface area is 157 Å². The molecule has 130 valence electrons. The summed E-state index contributed by atoms with van der Waals surface area (Å²) in [5, 5.41) is 1.13. The molecule has 27 heavy (non-hydrogen) atoms. The van der Waals surface area contributed by atoms with E-state index in [4.69, 9.17) is 0 Å². The molecular formula is C23H18N4. The van der Waals surface area contributed by atoms with Crippen molar-refractivity contribution in [3.8, 4) is 11.1 Å². The molecule has 4 nitrogen and oxygen atoms in total. The number of rotatable bonds is 3. The number of hydrogen-bond donors (Lipinski definition) is 0. The molecule has 0 bridgehead atoms. The van der Waals surface area contributed by atoms with E-state index in [0.29, 0.717) is 0 Å². The van der Waals surface area contributed by atoms with Crippen LogP contribution in [-0.4, -0.2) is 19.5 Å². The summed E-state index contributed by atoms with van der Waals surface area (Å²) in [6.45, 7) is 2.19. The van der Waals surface area contributed by atoms with Crippen molar-refractivity contribution in [3.63, 3.8) is 0 Å². The molecule has 0 amide bonds. The van der Waals surface area contributed by atoms with Gasteiger partial charge in [0, 0.05) is 23.3 Å². The topological polar surface area (TPSA) is 43.6 Å². The molecule has 0 aliphatic carbocycles. The summed E-state index contributed by atoms with van der Waals surface area (Å²) in [5.41, 5.74) is 6.24. The van der Waals surface area contributed by atoms with Gasteiger partial charge in [-0.25, -0.2) is 9.97 Å². The third kappa shape index (κ3) is 2.66. The van der Waals surface area contributed by atoms with Gasteiger partial charge in [0.1, 0.15) is 0 Å². The number of nitrogens with zero attached hydrogens (tertiary/aromatic N) is 4. The molecule has 0 aliphatic heterocycles. The molecule has 1 atom stereocenters. The fourth-order valence-electron chi connectivity index (χ4n) is 3.62. The first-order chi connectivity index (χ1) is 13.3. The summed E-state index contributed by atoms with van der Waals surface area (Å²) < 4.78 is 2.19. The molecular weight excluding hydrogens is 332 g/mol. The van der Waals surface area contributed by atoms with Crippen LogP contribution in [0.2, 0.25) is 0 Å². The average molecular weight is 350 g/mol. The van der Waals surface area contributed by atoms with Crippen molar-refractivity contribution < 1.29 is 0 Å². The highest BCUT2D eigenvalue weighted by molar-refractivity contribution is 5.95. The van der Waals surface area contributed by atoms with Gasteiger partial charge in [-0.05, 0) is 36.2 Å². The van der Waals surface area contributed by atoms with Crippen LogP contribution in [0.25, 0.3) is 33.2 Å². The van der Waals surface area contributed by atoms with Crippen LogP contribution < -0.4 is 0 Å². The number of fused-ring (bicyclic) bond motifs is 2. The van der Waals surface area contributed by atoms with Gasteiger partial charge in [0.25, 0.3) is 0 Å². The standard InChI is InChI=1S/C23H18N4/c1-16(17-7-3-2-4-8-17)27-15-26-23-22(27)13-18(14-25-23)19-9-5-11-21-20(19)10-6-12-24-21/h2-16H,1H3/t16-/m0/s1. The lowest BCUT2D eigenvalue weighted by molar-refractivity contribution is 0.658. The fraction of sp³-hybridized carbons (Fsp3) is 0.0870. The number of aromatic nitrogens is 4. The number of hydrogen-bond acceptors (Lipinski definition) is 3. The summed E-state index contributed by atoms with van der Waals surface area (Å²) in [6, 6.07) is 23.1. The molecule has 0 fully saturated rings. The zero-order chi connectivity index (χ0) is 18.2. The lowest BCUT2D eigenvalue weighted by atomic mass is 10.0. The second-order valence-electron chi connectivity index (χ2n) is 6.68. The van der Waals surface area contributed by atoms with Crippen LogP contribution in [0.15, 0.2) is 85.5 Å². The first-order valence-electron chi connectivity index (χ1n) is 9.03. The second-order valence-corrected chi connectivity index (χ2v) is 6.68. The summed E-state index contributed by atoms with van der Waals surface area (Å²) in [4.78, 5) is 13.6. The Morgan fingerprint density at radius 2 is 1.74 bits per heavy atom. The number of imidazole rings is 1. The Hall–Kier alpha value is -3.53. The summed E-state index contributed by atoms with van der Waals surface area (Å²) in [6.07, 6.45) is 5.60. The van der Waals surface area contributed by atoms with Crippen molar-refractivity contribution in [2.75, 3.05) is 0 Å². The first-order valence-corrected chi connectivity index (χ1v) is 9.03. The lowest BCUT2D eigenvalue weighted by Gasteiger charge is -2.15. The molecule has 0 saturated heterocycles. The van der Waals surface area contributed by atoms with Crippen LogP contribution in [0.1, 0.15) is 18.5 Å². The van der Waals surface area contributed by atoms with Gasteiger partial charge in [0.2, 0.25) is 0 Å². The zero-order valence-electron chi connectivity index (χ0n) is 14.9. The van der Waals surface area contributed by atoms with Crippen molar-refractivity contribution in [1.82, 2.24) is 19.5 Å². The van der Waals surface area contributed by atoms with E-state index in [9.17, 15) is 0 Å². The minimum atomic E-state index is 0.183. The van der Waals surface area contributed by atoms with E-state index in [-0.39, 0.29) is 6.04 Å². The van der Waals surface area contributed by atoms with Gasteiger partial charge < -0.3 is 4.57 Å². The molecule has 3 heterocycles. The van der Waals surface area contributed by atoms with Crippen LogP contribution in [0.4, 0.5) is 0 Å². The van der Waals surface area contributed by atoms with Gasteiger partial charge in [-0.1, -0.05) is 48.5 Å². The molecule has 4 heteroatoms. The Bertz CT molecular complexity index is 1240. The Morgan fingerprint density at radius 1 is 0.852 bits per heavy atom. The van der Waals surface area contributed by atoms with Crippen LogP contribution in [0, 0.1) is 0 Å². The monoisotopic (exact) mass is 350 g/mol. The number of pyridine rings is 2. The molecule has 0 radical (unpaired) electrons. The van der Waals surface area contributed by atoms with Crippen LogP contribution in [0.3, 0.4) is 0 Å². The summed E-state index contributed by atoms with van der Waals surface area (Å²) >= 11 is 0. The predicted octanol–water partition coefficient (Wildman–Crippen LogP) is 5.26. The van der Waals surface area contributed by atoms with E-state index in [1.807, 2.05) is 43.0 Å². The predicted molar refractivity (Wildman–Crippen MR) is 109 cm³/mol. The van der Waals surface area contributed by atoms with Gasteiger partial charge in [0.15, 0.2) is 5.65 Å². The highest BCUT2D eigenvalue weighted by Gasteiger charge is 2.14. The van der Waals surface area contributed by atoms with Crippen molar-refractivity contribution in [1.29, 1.82) is 0 Å². The SMILES string of the molecule is C[C@@H](c1ccccc1)n1cnc2ncc(-c3cccc4ncccc34)cc21. The summed E-state index contributed by atoms with van der Waals surface area (Å²) in [7, 11) is 0. The van der Waals surface area contributed by atoms with Gasteiger partial charge in [0.05, 0.1) is 23.4 Å². The number of benzene rings is 2. The van der Waals surface area contributed by atoms with Crippen molar-refractivity contribution in [2.24, 2.45) is 0 Å². The maximum Gasteiger partial charge on any atom is 0.177 e. The molecule has 0 aliphatic rings. The van der Waals surface area contributed by atoms with Crippen LogP contribution in [0.5, 0.6) is 0 Å². The Morgan fingerprint density at radius 3 is 2.63 bits per heavy atom. The largest absolute Gasteiger partial charge is 0.322 e. The van der Waals surface area contributed by atoms with Gasteiger partial charge in [-0.2, -0.15) is 0 Å². The summed E-state index contributed by atoms with van der Waals surface area (Å²) in [5.74, 6) is 0. The highest BCUT2D eigenvalue weighted by Crippen LogP contribution is 2.30. The molecule has 0 saturated carbocycles. The van der Waals surface area contributed by atoms with Crippen molar-refractivity contribution in [2.45, 2.75) is 13.0 Å². The molecule has 0 unspecified atom stereocenters. The smallest absolute Gasteiger partial charge is 0.177 e. The normalized spacial score (nSPS) is 12.5. The second kappa shape index (κ2) is 6.32. The van der Waals surface area contributed by atoms with E-state index >= 15 is 0 Å². The average Bonchev–Trinajstić information content (AvgIpc) is 3.16. The van der Waals surface area contributed by atoms with Crippen molar-refractivity contribution in [3.05, 3.63) is 91.0 Å². The van der Waals surface area contributed by atoms with Gasteiger partial charge >= 0.3 is 0 Å². The lowest BCUT2D eigenvalue weighted by Crippen LogP contribution is -2.05. The highest BCUT2D eigenvalue weighted by atomic mass is 15.1. The molecule has 5 rings (SSSR count). The van der Waals surface area contributed by atoms with E-state index in [1.54, 1.807) is 0 Å². The van der Waals surface area contributed by atoms with Gasteiger partial charge in [-0.15, -0.1) is 0 Å². The molecule has 0 N–H and O–H groups in total. The maximum absolute atomic E-state index is 4.61. The molecule has 3 aromatic heterocycles. The van der Waals surface area contributed by atoms with Crippen LogP contribution in [-0.2, 0) is 0 Å². The third-order valence-corrected chi connectivity index (χ3v) is 5.09. The van der Waals surface area contributed by atoms with E-state index in [1.165, 1.54) is 5.56 Å². The zero-order valence-corrected chi connectivity index (χ0v) is 14.9.